The Balaban J connectivity index is 3.50. The summed E-state index contributed by atoms with van der Waals surface area (Å²) in [6, 6.07) is 0. The van der Waals surface area contributed by atoms with Gasteiger partial charge in [0.25, 0.3) is 0 Å². The minimum Gasteiger partial charge on any atom is -0.120 e. The van der Waals surface area contributed by atoms with E-state index in [2.05, 4.69) is 24.7 Å². The molecule has 0 heterocycles. The minimum atomic E-state index is 0.681. The van der Waals surface area contributed by atoms with Crippen molar-refractivity contribution in [2.75, 3.05) is 0 Å². The molecule has 0 aliphatic heterocycles. The van der Waals surface area contributed by atoms with Gasteiger partial charge in [0.2, 0.25) is 0 Å². The molecule has 1 unspecified atom stereocenters. The summed E-state index contributed by atoms with van der Waals surface area (Å²) >= 11 is 0. The zero-order valence-electron chi connectivity index (χ0n) is 7.48. The van der Waals surface area contributed by atoms with Crippen molar-refractivity contribution in [1.29, 1.82) is 0 Å². The van der Waals surface area contributed by atoms with Crippen molar-refractivity contribution < 1.29 is 0 Å². The Morgan fingerprint density at radius 3 is 2.64 bits per heavy atom. The molecule has 0 aromatic heterocycles. The van der Waals surface area contributed by atoms with Crippen molar-refractivity contribution in [3.63, 3.8) is 0 Å². The third-order valence-electron chi connectivity index (χ3n) is 1.84. The Morgan fingerprint density at radius 1 is 1.45 bits per heavy atom. The second-order valence-corrected chi connectivity index (χ2v) is 2.65. The fourth-order valence-corrected chi connectivity index (χ4v) is 1.02. The maximum Gasteiger partial charge on any atom is 0.0115 e. The predicted molar refractivity (Wildman–Crippen MR) is 49.9 cm³/mol. The highest BCUT2D eigenvalue weighted by molar-refractivity contribution is 4.96. The summed E-state index contributed by atoms with van der Waals surface area (Å²) in [7, 11) is 0. The van der Waals surface area contributed by atoms with Gasteiger partial charge in [-0.2, -0.15) is 0 Å². The Morgan fingerprint density at radius 2 is 2.18 bits per heavy atom. The van der Waals surface area contributed by atoms with Gasteiger partial charge in [0.1, 0.15) is 0 Å². The Kier molecular flexibility index (Phi) is 6.65. The standard InChI is InChI=1S/C11H16/c1-4-7-8-10-11(6-3)9-5-2/h2,11H,6,8-10H2,1,3H3. The predicted octanol–water partition coefficient (Wildman–Crippen LogP) is 2.84. The first kappa shape index (κ1) is 10.1. The molecule has 0 rings (SSSR count). The first-order valence-corrected chi connectivity index (χ1v) is 4.18. The smallest absolute Gasteiger partial charge is 0.0115 e. The lowest BCUT2D eigenvalue weighted by atomic mass is 9.97. The van der Waals surface area contributed by atoms with Crippen molar-refractivity contribution in [2.45, 2.75) is 39.5 Å². The summed E-state index contributed by atoms with van der Waals surface area (Å²) in [4.78, 5) is 0. The molecule has 0 spiro atoms. The normalized spacial score (nSPS) is 11.0. The average Bonchev–Trinajstić information content (AvgIpc) is 2.03. The molecule has 0 aromatic rings. The molecule has 0 saturated heterocycles. The summed E-state index contributed by atoms with van der Waals surface area (Å²) in [6.45, 7) is 4.06. The molecular formula is C11H16. The second-order valence-electron chi connectivity index (χ2n) is 2.65. The highest BCUT2D eigenvalue weighted by atomic mass is 14.1. The van der Waals surface area contributed by atoms with Crippen molar-refractivity contribution in [3.05, 3.63) is 0 Å². The quantitative estimate of drug-likeness (QED) is 0.538. The average molecular weight is 148 g/mol. The molecule has 0 aliphatic carbocycles. The number of rotatable bonds is 4. The highest BCUT2D eigenvalue weighted by Gasteiger charge is 2.01. The lowest BCUT2D eigenvalue weighted by Crippen LogP contribution is -1.96. The zero-order valence-corrected chi connectivity index (χ0v) is 7.48. The third kappa shape index (κ3) is 5.56. The molecular weight excluding hydrogens is 132 g/mol. The van der Waals surface area contributed by atoms with E-state index in [0.717, 1.165) is 19.3 Å². The summed E-state index contributed by atoms with van der Waals surface area (Å²) < 4.78 is 0. The molecule has 11 heavy (non-hydrogen) atoms. The molecule has 0 saturated carbocycles. The molecule has 0 heteroatoms. The van der Waals surface area contributed by atoms with Gasteiger partial charge in [-0.25, -0.2) is 0 Å². The molecule has 0 nitrogen and oxygen atoms in total. The lowest BCUT2D eigenvalue weighted by Gasteiger charge is -2.07. The van der Waals surface area contributed by atoms with Crippen LogP contribution in [0.15, 0.2) is 0 Å². The van der Waals surface area contributed by atoms with E-state index in [1.807, 2.05) is 6.92 Å². The second kappa shape index (κ2) is 7.23. The minimum absolute atomic E-state index is 0.681. The van der Waals surface area contributed by atoms with Gasteiger partial charge < -0.3 is 0 Å². The number of hydrogen-bond acceptors (Lipinski definition) is 0. The van der Waals surface area contributed by atoms with E-state index in [-0.39, 0.29) is 0 Å². The molecule has 0 amide bonds. The van der Waals surface area contributed by atoms with Crippen LogP contribution in [0.1, 0.15) is 39.5 Å². The molecule has 1 atom stereocenters. The maximum absolute atomic E-state index is 5.22. The Bertz CT molecular complexity index is 172. The summed E-state index contributed by atoms with van der Waals surface area (Å²) in [5, 5.41) is 0. The highest BCUT2D eigenvalue weighted by Crippen LogP contribution is 2.13. The van der Waals surface area contributed by atoms with Crippen molar-refractivity contribution in [3.8, 4) is 24.2 Å². The molecule has 0 fully saturated rings. The number of hydrogen-bond donors (Lipinski definition) is 0. The van der Waals surface area contributed by atoms with Crippen LogP contribution in [0.25, 0.3) is 0 Å². The van der Waals surface area contributed by atoms with Crippen LogP contribution in [0.4, 0.5) is 0 Å². The van der Waals surface area contributed by atoms with Crippen LogP contribution in [0, 0.1) is 30.1 Å². The van der Waals surface area contributed by atoms with E-state index in [1.165, 1.54) is 6.42 Å². The van der Waals surface area contributed by atoms with Gasteiger partial charge in [-0.15, -0.1) is 24.2 Å². The van der Waals surface area contributed by atoms with Crippen LogP contribution >= 0.6 is 0 Å². The zero-order chi connectivity index (χ0) is 8.53. The molecule has 60 valence electrons. The van der Waals surface area contributed by atoms with Crippen LogP contribution in [-0.4, -0.2) is 0 Å². The van der Waals surface area contributed by atoms with Gasteiger partial charge in [0.05, 0.1) is 0 Å². The van der Waals surface area contributed by atoms with E-state index in [4.69, 9.17) is 6.42 Å². The fourth-order valence-electron chi connectivity index (χ4n) is 1.02. The Labute approximate surface area is 70.4 Å². The molecule has 0 bridgehead atoms. The van der Waals surface area contributed by atoms with Gasteiger partial charge in [-0.3, -0.25) is 0 Å². The monoisotopic (exact) mass is 148 g/mol. The first-order valence-electron chi connectivity index (χ1n) is 4.18. The summed E-state index contributed by atoms with van der Waals surface area (Å²) in [5.41, 5.74) is 0. The fraction of sp³-hybridized carbons (Fsp3) is 0.636. The van der Waals surface area contributed by atoms with E-state index >= 15 is 0 Å². The van der Waals surface area contributed by atoms with Gasteiger partial charge in [0, 0.05) is 12.8 Å². The van der Waals surface area contributed by atoms with Crippen molar-refractivity contribution in [2.24, 2.45) is 5.92 Å². The molecule has 0 radical (unpaired) electrons. The Hall–Kier alpha value is -0.880. The van der Waals surface area contributed by atoms with E-state index in [9.17, 15) is 0 Å². The summed E-state index contributed by atoms with van der Waals surface area (Å²) in [5.74, 6) is 9.32. The first-order chi connectivity index (χ1) is 5.35. The van der Waals surface area contributed by atoms with Crippen LogP contribution in [0.5, 0.6) is 0 Å². The summed E-state index contributed by atoms with van der Waals surface area (Å²) in [6.07, 6.45) is 9.46. The van der Waals surface area contributed by atoms with Gasteiger partial charge in [-0.1, -0.05) is 13.3 Å². The molecule has 0 aromatic carbocycles. The molecule has 0 N–H and O–H groups in total. The SMILES string of the molecule is C#CCC(CC)CCC#CC. The molecule has 0 aliphatic rings. The topological polar surface area (TPSA) is 0 Å². The largest absolute Gasteiger partial charge is 0.120 e. The van der Waals surface area contributed by atoms with E-state index in [1.54, 1.807) is 0 Å². The van der Waals surface area contributed by atoms with Crippen LogP contribution < -0.4 is 0 Å². The van der Waals surface area contributed by atoms with Crippen LogP contribution in [-0.2, 0) is 0 Å². The third-order valence-corrected chi connectivity index (χ3v) is 1.84. The van der Waals surface area contributed by atoms with Gasteiger partial charge in [-0.05, 0) is 19.3 Å². The van der Waals surface area contributed by atoms with E-state index in [0.29, 0.717) is 5.92 Å². The van der Waals surface area contributed by atoms with E-state index < -0.39 is 0 Å². The van der Waals surface area contributed by atoms with Gasteiger partial charge >= 0.3 is 0 Å². The van der Waals surface area contributed by atoms with Crippen LogP contribution in [0.3, 0.4) is 0 Å². The van der Waals surface area contributed by atoms with Crippen molar-refractivity contribution >= 4 is 0 Å². The van der Waals surface area contributed by atoms with Crippen molar-refractivity contribution in [1.82, 2.24) is 0 Å². The number of terminal acetylenes is 1. The van der Waals surface area contributed by atoms with Crippen LogP contribution in [0.2, 0.25) is 0 Å². The maximum atomic E-state index is 5.22. The van der Waals surface area contributed by atoms with Gasteiger partial charge in [0.15, 0.2) is 0 Å². The lowest BCUT2D eigenvalue weighted by molar-refractivity contribution is 0.490.